The Balaban J connectivity index is 2.40. The number of hydrogen-bond acceptors (Lipinski definition) is 4. The number of rotatable bonds is 7. The molecule has 2 rings (SSSR count). The Bertz CT molecular complexity index is 867. The Labute approximate surface area is 185 Å². The van der Waals surface area contributed by atoms with E-state index in [1.165, 1.54) is 11.3 Å². The third-order valence-electron chi connectivity index (χ3n) is 5.26. The van der Waals surface area contributed by atoms with E-state index in [9.17, 15) is 9.59 Å². The van der Waals surface area contributed by atoms with Gasteiger partial charge in [-0.1, -0.05) is 40.7 Å². The van der Waals surface area contributed by atoms with Gasteiger partial charge in [0.25, 0.3) is 5.91 Å². The molecule has 5 nitrogen and oxygen atoms in total. The molecule has 2 amide bonds. The number of amides is 2. The molecule has 0 saturated heterocycles. The van der Waals surface area contributed by atoms with Crippen LogP contribution in [-0.2, 0) is 11.3 Å². The van der Waals surface area contributed by atoms with Gasteiger partial charge in [-0.15, -0.1) is 11.3 Å². The summed E-state index contributed by atoms with van der Waals surface area (Å²) < 4.78 is 0. The quantitative estimate of drug-likeness (QED) is 0.633. The summed E-state index contributed by atoms with van der Waals surface area (Å²) in [4.78, 5) is 30.4. The highest BCUT2D eigenvalue weighted by Crippen LogP contribution is 2.29. The van der Waals surface area contributed by atoms with E-state index in [0.717, 1.165) is 16.9 Å². The molecule has 0 aliphatic rings. The average molecular weight is 430 g/mol. The minimum atomic E-state index is -0.466. The van der Waals surface area contributed by atoms with Crippen molar-refractivity contribution in [3.05, 3.63) is 46.2 Å². The number of nitrogens with one attached hydrogen (secondary N) is 1. The highest BCUT2D eigenvalue weighted by Gasteiger charge is 2.32. The molecule has 2 aromatic rings. The normalized spacial score (nSPS) is 12.6. The topological polar surface area (TPSA) is 52.7 Å². The average Bonchev–Trinajstić information content (AvgIpc) is 3.19. The SMILES string of the molecule is CC(C)[C@H](C)N(Cc1cc(NC(=O)c2cccs2)ccc1N(C)C)C(=O)C(C)(C)C. The molecule has 1 aromatic heterocycles. The van der Waals surface area contributed by atoms with Gasteiger partial charge < -0.3 is 15.1 Å². The van der Waals surface area contributed by atoms with Crippen LogP contribution in [0.5, 0.6) is 0 Å². The number of nitrogens with zero attached hydrogens (tertiary/aromatic N) is 2. The van der Waals surface area contributed by atoms with Crippen LogP contribution in [0.4, 0.5) is 11.4 Å². The Hall–Kier alpha value is -2.34. The maximum Gasteiger partial charge on any atom is 0.265 e. The van der Waals surface area contributed by atoms with Crippen LogP contribution in [0.1, 0.15) is 56.8 Å². The molecular weight excluding hydrogens is 394 g/mol. The highest BCUT2D eigenvalue weighted by atomic mass is 32.1. The van der Waals surface area contributed by atoms with Gasteiger partial charge in [0.2, 0.25) is 5.91 Å². The molecule has 0 radical (unpaired) electrons. The molecular formula is C24H35N3O2S. The summed E-state index contributed by atoms with van der Waals surface area (Å²) in [6.07, 6.45) is 0. The number of benzene rings is 1. The van der Waals surface area contributed by atoms with Crippen molar-refractivity contribution in [3.63, 3.8) is 0 Å². The zero-order valence-corrected chi connectivity index (χ0v) is 20.3. The monoisotopic (exact) mass is 429 g/mol. The number of carbonyl (C=O) groups is 2. The van der Waals surface area contributed by atoms with Crippen molar-refractivity contribution in [2.75, 3.05) is 24.3 Å². The molecule has 0 bridgehead atoms. The van der Waals surface area contributed by atoms with Gasteiger partial charge in [0.15, 0.2) is 0 Å². The van der Waals surface area contributed by atoms with Crippen molar-refractivity contribution in [2.45, 2.75) is 54.1 Å². The Morgan fingerprint density at radius 3 is 2.27 bits per heavy atom. The van der Waals surface area contributed by atoms with E-state index in [-0.39, 0.29) is 17.9 Å². The molecule has 164 valence electrons. The van der Waals surface area contributed by atoms with Crippen LogP contribution in [0.2, 0.25) is 0 Å². The fourth-order valence-electron chi connectivity index (χ4n) is 3.20. The molecule has 6 heteroatoms. The molecule has 0 aliphatic heterocycles. The lowest BCUT2D eigenvalue weighted by atomic mass is 9.92. The van der Waals surface area contributed by atoms with E-state index in [1.807, 2.05) is 80.4 Å². The first-order chi connectivity index (χ1) is 13.9. The summed E-state index contributed by atoms with van der Waals surface area (Å²) in [6, 6.07) is 9.66. The molecule has 30 heavy (non-hydrogen) atoms. The Morgan fingerprint density at radius 2 is 1.77 bits per heavy atom. The Morgan fingerprint density at radius 1 is 1.10 bits per heavy atom. The van der Waals surface area contributed by atoms with Crippen LogP contribution in [0, 0.1) is 11.3 Å². The van der Waals surface area contributed by atoms with Gasteiger partial charge in [0.1, 0.15) is 0 Å². The van der Waals surface area contributed by atoms with E-state index in [4.69, 9.17) is 0 Å². The van der Waals surface area contributed by atoms with E-state index in [1.54, 1.807) is 0 Å². The lowest BCUT2D eigenvalue weighted by molar-refractivity contribution is -0.143. The first kappa shape index (κ1) is 23.9. The van der Waals surface area contributed by atoms with E-state index in [0.29, 0.717) is 17.3 Å². The molecule has 1 N–H and O–H groups in total. The summed E-state index contributed by atoms with van der Waals surface area (Å²) in [5.41, 5.74) is 2.31. The zero-order valence-electron chi connectivity index (χ0n) is 19.4. The molecule has 1 heterocycles. The third-order valence-corrected chi connectivity index (χ3v) is 6.13. The lowest BCUT2D eigenvalue weighted by Gasteiger charge is -2.37. The summed E-state index contributed by atoms with van der Waals surface area (Å²) in [6.45, 7) is 12.7. The maximum atomic E-state index is 13.3. The number of thiophene rings is 1. The van der Waals surface area contributed by atoms with Gasteiger partial charge >= 0.3 is 0 Å². The predicted octanol–water partition coefficient (Wildman–Crippen LogP) is 5.49. The van der Waals surface area contributed by atoms with Crippen LogP contribution in [0.15, 0.2) is 35.7 Å². The van der Waals surface area contributed by atoms with Gasteiger partial charge in [-0.05, 0) is 48.1 Å². The van der Waals surface area contributed by atoms with Crippen LogP contribution >= 0.6 is 11.3 Å². The number of hydrogen-bond donors (Lipinski definition) is 1. The fourth-order valence-corrected chi connectivity index (χ4v) is 3.82. The predicted molar refractivity (Wildman–Crippen MR) is 127 cm³/mol. The van der Waals surface area contributed by atoms with E-state index < -0.39 is 5.41 Å². The first-order valence-electron chi connectivity index (χ1n) is 10.4. The minimum absolute atomic E-state index is 0.0936. The van der Waals surface area contributed by atoms with Crippen LogP contribution < -0.4 is 10.2 Å². The third kappa shape index (κ3) is 5.85. The molecule has 0 fully saturated rings. The van der Waals surface area contributed by atoms with E-state index >= 15 is 0 Å². The van der Waals surface area contributed by atoms with Gasteiger partial charge in [-0.25, -0.2) is 0 Å². The van der Waals surface area contributed by atoms with Gasteiger partial charge in [0, 0.05) is 43.5 Å². The molecule has 0 saturated carbocycles. The van der Waals surface area contributed by atoms with Crippen molar-refractivity contribution >= 4 is 34.5 Å². The molecule has 0 aliphatic carbocycles. The van der Waals surface area contributed by atoms with Gasteiger partial charge in [-0.2, -0.15) is 0 Å². The number of anilines is 2. The molecule has 0 spiro atoms. The van der Waals surface area contributed by atoms with Crippen molar-refractivity contribution in [2.24, 2.45) is 11.3 Å². The summed E-state index contributed by atoms with van der Waals surface area (Å²) >= 11 is 1.41. The zero-order chi connectivity index (χ0) is 22.6. The fraction of sp³-hybridized carbons (Fsp3) is 0.500. The summed E-state index contributed by atoms with van der Waals surface area (Å²) in [5.74, 6) is 0.342. The minimum Gasteiger partial charge on any atom is -0.377 e. The van der Waals surface area contributed by atoms with E-state index in [2.05, 4.69) is 26.1 Å². The first-order valence-corrected chi connectivity index (χ1v) is 11.3. The van der Waals surface area contributed by atoms with Gasteiger partial charge in [-0.3, -0.25) is 9.59 Å². The summed E-state index contributed by atoms with van der Waals surface area (Å²) in [5, 5.41) is 4.87. The van der Waals surface area contributed by atoms with Crippen LogP contribution in [0.3, 0.4) is 0 Å². The standard InChI is InChI=1S/C24H35N3O2S/c1-16(2)17(3)27(23(29)24(4,5)6)15-18-14-19(11-12-20(18)26(7)8)25-22(28)21-10-9-13-30-21/h9-14,16-17H,15H2,1-8H3,(H,25,28)/t17-/m0/s1. The maximum absolute atomic E-state index is 13.3. The van der Waals surface area contributed by atoms with Crippen molar-refractivity contribution in [1.82, 2.24) is 4.90 Å². The summed E-state index contributed by atoms with van der Waals surface area (Å²) in [7, 11) is 3.98. The molecule has 0 unspecified atom stereocenters. The van der Waals surface area contributed by atoms with Crippen LogP contribution in [-0.4, -0.2) is 36.9 Å². The smallest absolute Gasteiger partial charge is 0.265 e. The molecule has 1 aromatic carbocycles. The van der Waals surface area contributed by atoms with Crippen molar-refractivity contribution < 1.29 is 9.59 Å². The lowest BCUT2D eigenvalue weighted by Crippen LogP contribution is -2.46. The van der Waals surface area contributed by atoms with Crippen molar-refractivity contribution in [1.29, 1.82) is 0 Å². The highest BCUT2D eigenvalue weighted by molar-refractivity contribution is 7.12. The van der Waals surface area contributed by atoms with Crippen molar-refractivity contribution in [3.8, 4) is 0 Å². The second-order valence-corrected chi connectivity index (χ2v) is 10.3. The molecule has 1 atom stereocenters. The van der Waals surface area contributed by atoms with Gasteiger partial charge in [0.05, 0.1) is 4.88 Å². The second kappa shape index (κ2) is 9.65. The largest absolute Gasteiger partial charge is 0.377 e. The Kier molecular flexibility index (Phi) is 7.70. The number of carbonyl (C=O) groups excluding carboxylic acids is 2. The second-order valence-electron chi connectivity index (χ2n) is 9.34. The van der Waals surface area contributed by atoms with Crippen LogP contribution in [0.25, 0.3) is 0 Å².